The molecule has 0 saturated heterocycles. The Labute approximate surface area is 215 Å². The average Bonchev–Trinajstić information content (AvgIpc) is 2.84. The first kappa shape index (κ1) is 31.5. The van der Waals surface area contributed by atoms with Crippen LogP contribution in [0.1, 0.15) is 44.6 Å². The van der Waals surface area contributed by atoms with Gasteiger partial charge in [0, 0.05) is 6.42 Å². The van der Waals surface area contributed by atoms with E-state index in [1.54, 1.807) is 24.3 Å². The van der Waals surface area contributed by atoms with E-state index < -0.39 is 59.9 Å². The number of benzene rings is 1. The summed E-state index contributed by atoms with van der Waals surface area (Å²) in [4.78, 5) is 61.2. The summed E-state index contributed by atoms with van der Waals surface area (Å²) in [5.74, 6) is -4.49. The van der Waals surface area contributed by atoms with Crippen molar-refractivity contribution in [2.24, 2.45) is 17.2 Å². The number of aliphatic carboxylic acids is 1. The fraction of sp³-hybridized carbons (Fsp3) is 0.542. The molecule has 206 valence electrons. The van der Waals surface area contributed by atoms with Crippen molar-refractivity contribution < 1.29 is 34.2 Å². The highest BCUT2D eigenvalue weighted by molar-refractivity contribution is 5.94. The molecule has 1 aromatic carbocycles. The SMILES string of the molecule is CC(O)C(NC(=O)C(N)Cc1ccccc1)C(=O)NC(CCC(N)=O)C(=O)NC(CCCCN)C(=O)O. The molecule has 0 radical (unpaired) electrons. The molecule has 13 heteroatoms. The van der Waals surface area contributed by atoms with Crippen molar-refractivity contribution in [2.75, 3.05) is 6.54 Å². The highest BCUT2D eigenvalue weighted by atomic mass is 16.4. The molecule has 0 spiro atoms. The number of nitrogens with two attached hydrogens (primary N) is 3. The van der Waals surface area contributed by atoms with E-state index >= 15 is 0 Å². The zero-order valence-electron chi connectivity index (χ0n) is 20.9. The van der Waals surface area contributed by atoms with Gasteiger partial charge in [-0.25, -0.2) is 4.79 Å². The Morgan fingerprint density at radius 1 is 0.892 bits per heavy atom. The summed E-state index contributed by atoms with van der Waals surface area (Å²) >= 11 is 0. The van der Waals surface area contributed by atoms with Gasteiger partial charge in [-0.15, -0.1) is 0 Å². The van der Waals surface area contributed by atoms with Crippen molar-refractivity contribution in [1.29, 1.82) is 0 Å². The third-order valence-corrected chi connectivity index (χ3v) is 5.57. The third-order valence-electron chi connectivity index (χ3n) is 5.57. The van der Waals surface area contributed by atoms with Crippen LogP contribution in [0.4, 0.5) is 0 Å². The molecule has 0 bridgehead atoms. The van der Waals surface area contributed by atoms with E-state index in [1.165, 1.54) is 6.92 Å². The Hall–Kier alpha value is -3.55. The maximum absolute atomic E-state index is 12.9. The van der Waals surface area contributed by atoms with E-state index in [4.69, 9.17) is 17.2 Å². The van der Waals surface area contributed by atoms with Crippen LogP contribution in [0.3, 0.4) is 0 Å². The molecule has 1 rings (SSSR count). The standard InChI is InChI=1S/C24H38N6O7/c1-14(31)20(30-21(33)16(26)13-15-7-3-2-4-8-15)23(35)28-17(10-11-19(27)32)22(34)29-18(24(36)37)9-5-6-12-25/h2-4,7-8,14,16-18,20,31H,5-6,9-13,25-26H2,1H3,(H2,27,32)(H,28,35)(H,29,34)(H,30,33)(H,36,37). The quantitative estimate of drug-likeness (QED) is 0.104. The second-order valence-corrected chi connectivity index (χ2v) is 8.77. The Morgan fingerprint density at radius 2 is 1.51 bits per heavy atom. The van der Waals surface area contributed by atoms with Gasteiger partial charge in [-0.05, 0) is 51.1 Å². The minimum Gasteiger partial charge on any atom is -0.480 e. The molecule has 37 heavy (non-hydrogen) atoms. The molecule has 0 heterocycles. The number of carbonyl (C=O) groups excluding carboxylic acids is 4. The number of primary amides is 1. The maximum Gasteiger partial charge on any atom is 0.326 e. The number of unbranched alkanes of at least 4 members (excludes halogenated alkanes) is 1. The lowest BCUT2D eigenvalue weighted by molar-refractivity contribution is -0.142. The normalized spacial score (nSPS) is 14.9. The number of hydrogen-bond donors (Lipinski definition) is 8. The lowest BCUT2D eigenvalue weighted by Crippen LogP contribution is -2.60. The zero-order valence-corrected chi connectivity index (χ0v) is 20.9. The topological polar surface area (TPSA) is 240 Å². The number of aliphatic hydroxyl groups excluding tert-OH is 1. The van der Waals surface area contributed by atoms with E-state index in [9.17, 15) is 34.2 Å². The first-order chi connectivity index (χ1) is 17.5. The second-order valence-electron chi connectivity index (χ2n) is 8.77. The van der Waals surface area contributed by atoms with Gasteiger partial charge < -0.3 is 43.4 Å². The van der Waals surface area contributed by atoms with E-state index in [0.717, 1.165) is 5.56 Å². The van der Waals surface area contributed by atoms with Crippen LogP contribution >= 0.6 is 0 Å². The highest BCUT2D eigenvalue weighted by Gasteiger charge is 2.32. The van der Waals surface area contributed by atoms with Crippen LogP contribution in [0, 0.1) is 0 Å². The predicted octanol–water partition coefficient (Wildman–Crippen LogP) is -2.13. The molecule has 4 amide bonds. The fourth-order valence-electron chi connectivity index (χ4n) is 3.47. The first-order valence-corrected chi connectivity index (χ1v) is 12.1. The van der Waals surface area contributed by atoms with Crippen molar-refractivity contribution in [1.82, 2.24) is 16.0 Å². The Kier molecular flexibility index (Phi) is 13.8. The summed E-state index contributed by atoms with van der Waals surface area (Å²) in [6.07, 6.45) is -0.566. The van der Waals surface area contributed by atoms with Crippen molar-refractivity contribution in [3.05, 3.63) is 35.9 Å². The summed E-state index contributed by atoms with van der Waals surface area (Å²) in [6, 6.07) is 3.87. The number of carbonyl (C=O) groups is 5. The number of carboxylic acids is 1. The smallest absolute Gasteiger partial charge is 0.326 e. The van der Waals surface area contributed by atoms with Crippen molar-refractivity contribution in [3.63, 3.8) is 0 Å². The van der Waals surface area contributed by atoms with Crippen LogP contribution in [0.5, 0.6) is 0 Å². The van der Waals surface area contributed by atoms with Crippen molar-refractivity contribution in [2.45, 2.75) is 75.7 Å². The zero-order chi connectivity index (χ0) is 28.0. The molecule has 0 saturated carbocycles. The number of nitrogens with one attached hydrogen (secondary N) is 3. The number of hydrogen-bond acceptors (Lipinski definition) is 8. The third kappa shape index (κ3) is 11.8. The molecular weight excluding hydrogens is 484 g/mol. The average molecular weight is 523 g/mol. The summed E-state index contributed by atoms with van der Waals surface area (Å²) < 4.78 is 0. The number of rotatable bonds is 17. The lowest BCUT2D eigenvalue weighted by Gasteiger charge is -2.26. The molecule has 5 unspecified atom stereocenters. The van der Waals surface area contributed by atoms with Gasteiger partial charge in [0.25, 0.3) is 0 Å². The summed E-state index contributed by atoms with van der Waals surface area (Å²) in [5, 5.41) is 26.7. The molecule has 0 aromatic heterocycles. The molecule has 0 fully saturated rings. The van der Waals surface area contributed by atoms with Gasteiger partial charge in [0.2, 0.25) is 23.6 Å². The van der Waals surface area contributed by atoms with Gasteiger partial charge in [0.05, 0.1) is 12.1 Å². The molecule has 1 aromatic rings. The van der Waals surface area contributed by atoms with Crippen LogP contribution in [-0.4, -0.2) is 76.6 Å². The van der Waals surface area contributed by atoms with Crippen LogP contribution < -0.4 is 33.2 Å². The molecule has 0 aliphatic heterocycles. The van der Waals surface area contributed by atoms with Gasteiger partial charge >= 0.3 is 5.97 Å². The van der Waals surface area contributed by atoms with Crippen LogP contribution in [-0.2, 0) is 30.4 Å². The van der Waals surface area contributed by atoms with Gasteiger partial charge in [0.1, 0.15) is 18.1 Å². The summed E-state index contributed by atoms with van der Waals surface area (Å²) in [6.45, 7) is 1.63. The van der Waals surface area contributed by atoms with Crippen LogP contribution in [0.25, 0.3) is 0 Å². The van der Waals surface area contributed by atoms with Gasteiger partial charge in [-0.2, -0.15) is 0 Å². The number of amides is 4. The van der Waals surface area contributed by atoms with Crippen molar-refractivity contribution in [3.8, 4) is 0 Å². The van der Waals surface area contributed by atoms with E-state index in [-0.39, 0.29) is 25.7 Å². The van der Waals surface area contributed by atoms with Gasteiger partial charge in [-0.1, -0.05) is 30.3 Å². The largest absolute Gasteiger partial charge is 0.480 e. The molecule has 13 nitrogen and oxygen atoms in total. The monoisotopic (exact) mass is 522 g/mol. The Balaban J connectivity index is 2.92. The molecular formula is C24H38N6O7. The van der Waals surface area contributed by atoms with E-state index in [0.29, 0.717) is 19.4 Å². The van der Waals surface area contributed by atoms with E-state index in [1.807, 2.05) is 6.07 Å². The van der Waals surface area contributed by atoms with E-state index in [2.05, 4.69) is 16.0 Å². The lowest BCUT2D eigenvalue weighted by atomic mass is 10.0. The van der Waals surface area contributed by atoms with Crippen LogP contribution in [0.15, 0.2) is 30.3 Å². The second kappa shape index (κ2) is 16.2. The maximum atomic E-state index is 12.9. The molecule has 0 aliphatic carbocycles. The van der Waals surface area contributed by atoms with Crippen LogP contribution in [0.2, 0.25) is 0 Å². The minimum absolute atomic E-state index is 0.112. The number of carboxylic acid groups (broad SMARTS) is 1. The highest BCUT2D eigenvalue weighted by Crippen LogP contribution is 2.06. The predicted molar refractivity (Wildman–Crippen MR) is 135 cm³/mol. The summed E-state index contributed by atoms with van der Waals surface area (Å²) in [7, 11) is 0. The molecule has 11 N–H and O–H groups in total. The first-order valence-electron chi connectivity index (χ1n) is 12.1. The minimum atomic E-state index is -1.47. The Morgan fingerprint density at radius 3 is 2.05 bits per heavy atom. The Bertz CT molecular complexity index is 912. The fourth-order valence-corrected chi connectivity index (χ4v) is 3.47. The molecule has 5 atom stereocenters. The van der Waals surface area contributed by atoms with Gasteiger partial charge in [-0.3, -0.25) is 19.2 Å². The number of aliphatic hydroxyl groups is 1. The molecule has 0 aliphatic rings. The van der Waals surface area contributed by atoms with Crippen molar-refractivity contribution >= 4 is 29.6 Å². The summed E-state index contributed by atoms with van der Waals surface area (Å²) in [5.41, 5.74) is 17.3. The van der Waals surface area contributed by atoms with Gasteiger partial charge in [0.15, 0.2) is 0 Å².